The summed E-state index contributed by atoms with van der Waals surface area (Å²) in [5.74, 6) is -0.604. The van der Waals surface area contributed by atoms with Gasteiger partial charge in [0.1, 0.15) is 5.75 Å². The van der Waals surface area contributed by atoms with Crippen molar-refractivity contribution in [2.24, 2.45) is 11.3 Å². The highest BCUT2D eigenvalue weighted by molar-refractivity contribution is 5.94. The number of nitrogens with one attached hydrogen (secondary N) is 1. The van der Waals surface area contributed by atoms with Crippen molar-refractivity contribution in [1.82, 2.24) is 5.32 Å². The van der Waals surface area contributed by atoms with Gasteiger partial charge in [-0.1, -0.05) is 26.8 Å². The predicted octanol–water partition coefficient (Wildman–Crippen LogP) is 2.72. The van der Waals surface area contributed by atoms with Crippen molar-refractivity contribution in [1.29, 1.82) is 0 Å². The maximum Gasteiger partial charge on any atom is 0.341 e. The average Bonchev–Trinajstić information content (AvgIpc) is 2.57. The summed E-state index contributed by atoms with van der Waals surface area (Å²) in [6.45, 7) is 7.36. The molecule has 1 heterocycles. The van der Waals surface area contributed by atoms with Gasteiger partial charge in [0.05, 0.1) is 6.10 Å². The minimum atomic E-state index is -1.06. The second-order valence-electron chi connectivity index (χ2n) is 7.48. The maximum atomic E-state index is 12.4. The average molecular weight is 349 g/mol. The van der Waals surface area contributed by atoms with E-state index in [1.807, 2.05) is 0 Å². The Morgan fingerprint density at radius 2 is 2.12 bits per heavy atom. The summed E-state index contributed by atoms with van der Waals surface area (Å²) < 4.78 is 11.1. The molecule has 1 aromatic rings. The molecule has 6 heteroatoms. The second kappa shape index (κ2) is 8.34. The van der Waals surface area contributed by atoms with Crippen molar-refractivity contribution in [2.45, 2.75) is 39.7 Å². The van der Waals surface area contributed by atoms with Crippen LogP contribution in [-0.2, 0) is 9.53 Å². The van der Waals surface area contributed by atoms with Gasteiger partial charge in [0.25, 0.3) is 5.91 Å². The lowest BCUT2D eigenvalue weighted by atomic mass is 9.78. The molecule has 2 atom stereocenters. The number of benzene rings is 1. The number of hydrogen-bond donors (Lipinski definition) is 2. The van der Waals surface area contributed by atoms with Crippen molar-refractivity contribution < 1.29 is 24.2 Å². The van der Waals surface area contributed by atoms with Crippen LogP contribution in [0, 0.1) is 11.3 Å². The Morgan fingerprint density at radius 1 is 1.36 bits per heavy atom. The summed E-state index contributed by atoms with van der Waals surface area (Å²) >= 11 is 0. The van der Waals surface area contributed by atoms with Crippen molar-refractivity contribution in [3.05, 3.63) is 29.8 Å². The van der Waals surface area contributed by atoms with Gasteiger partial charge in [-0.15, -0.1) is 0 Å². The van der Waals surface area contributed by atoms with Gasteiger partial charge in [0.2, 0.25) is 0 Å². The second-order valence-corrected chi connectivity index (χ2v) is 7.48. The van der Waals surface area contributed by atoms with Gasteiger partial charge in [-0.05, 0) is 36.5 Å². The third-order valence-corrected chi connectivity index (χ3v) is 4.28. The van der Waals surface area contributed by atoms with E-state index in [-0.39, 0.29) is 23.3 Å². The Bertz CT molecular complexity index is 608. The van der Waals surface area contributed by atoms with Crippen LogP contribution in [-0.4, -0.2) is 42.8 Å². The molecule has 2 unspecified atom stereocenters. The monoisotopic (exact) mass is 349 g/mol. The van der Waals surface area contributed by atoms with Crippen LogP contribution >= 0.6 is 0 Å². The molecule has 1 saturated heterocycles. The van der Waals surface area contributed by atoms with Gasteiger partial charge in [-0.3, -0.25) is 4.79 Å². The van der Waals surface area contributed by atoms with Gasteiger partial charge >= 0.3 is 5.97 Å². The topological polar surface area (TPSA) is 84.9 Å². The fourth-order valence-corrected chi connectivity index (χ4v) is 3.21. The third-order valence-electron chi connectivity index (χ3n) is 4.28. The fraction of sp³-hybridized carbons (Fsp3) is 0.579. The van der Waals surface area contributed by atoms with Gasteiger partial charge < -0.3 is 19.9 Å². The lowest BCUT2D eigenvalue weighted by Crippen LogP contribution is -2.45. The lowest BCUT2D eigenvalue weighted by Gasteiger charge is -2.40. The Balaban J connectivity index is 1.95. The quantitative estimate of drug-likeness (QED) is 0.825. The highest BCUT2D eigenvalue weighted by atomic mass is 16.5. The summed E-state index contributed by atoms with van der Waals surface area (Å²) in [6.07, 6.45) is 2.15. The summed E-state index contributed by atoms with van der Waals surface area (Å²) in [5.41, 5.74) is 0.479. The van der Waals surface area contributed by atoms with Crippen LogP contribution in [0.5, 0.6) is 5.75 Å². The standard InChI is InChI=1S/C19H27NO5/c1-19(2,3)17-14(7-5-9-24-17)11-20-18(23)13-6-4-8-15(10-13)25-12-16(21)22/h4,6,8,10,14,17H,5,7,9,11-12H2,1-3H3,(H,20,23)(H,21,22). The zero-order valence-electron chi connectivity index (χ0n) is 15.1. The van der Waals surface area contributed by atoms with Crippen molar-refractivity contribution in [2.75, 3.05) is 19.8 Å². The molecule has 138 valence electrons. The molecule has 25 heavy (non-hydrogen) atoms. The highest BCUT2D eigenvalue weighted by Gasteiger charge is 2.35. The Kier molecular flexibility index (Phi) is 6.42. The molecule has 1 aromatic carbocycles. The summed E-state index contributed by atoms with van der Waals surface area (Å²) in [4.78, 5) is 23.0. The first-order valence-corrected chi connectivity index (χ1v) is 8.62. The van der Waals surface area contributed by atoms with Crippen molar-refractivity contribution >= 4 is 11.9 Å². The fourth-order valence-electron chi connectivity index (χ4n) is 3.21. The first-order valence-electron chi connectivity index (χ1n) is 8.62. The van der Waals surface area contributed by atoms with E-state index in [9.17, 15) is 9.59 Å². The highest BCUT2D eigenvalue weighted by Crippen LogP contribution is 2.33. The zero-order valence-corrected chi connectivity index (χ0v) is 15.1. The van der Waals surface area contributed by atoms with Gasteiger partial charge in [0.15, 0.2) is 6.61 Å². The SMILES string of the molecule is CC(C)(C)C1OCCCC1CNC(=O)c1cccc(OCC(=O)O)c1. The van der Waals surface area contributed by atoms with Gasteiger partial charge in [-0.25, -0.2) is 4.79 Å². The van der Waals surface area contributed by atoms with Crippen LogP contribution < -0.4 is 10.1 Å². The molecular formula is C19H27NO5. The molecule has 2 N–H and O–H groups in total. The smallest absolute Gasteiger partial charge is 0.341 e. The molecule has 6 nitrogen and oxygen atoms in total. The number of ether oxygens (including phenoxy) is 2. The summed E-state index contributed by atoms with van der Waals surface area (Å²) in [6, 6.07) is 6.54. The molecule has 0 spiro atoms. The molecule has 0 saturated carbocycles. The molecule has 0 bridgehead atoms. The number of amides is 1. The number of carboxylic acid groups (broad SMARTS) is 1. The van der Waals surface area contributed by atoms with Crippen LogP contribution in [0.3, 0.4) is 0 Å². The first kappa shape index (κ1) is 19.2. The van der Waals surface area contributed by atoms with Crippen LogP contribution in [0.15, 0.2) is 24.3 Å². The Labute approximate surface area is 148 Å². The number of carbonyl (C=O) groups excluding carboxylic acids is 1. The molecule has 0 aromatic heterocycles. The number of hydrogen-bond acceptors (Lipinski definition) is 4. The van der Waals surface area contributed by atoms with Crippen molar-refractivity contribution in [3.63, 3.8) is 0 Å². The molecule has 1 aliphatic heterocycles. The number of carboxylic acids is 1. The molecular weight excluding hydrogens is 322 g/mol. The van der Waals surface area contributed by atoms with E-state index in [1.54, 1.807) is 24.3 Å². The van der Waals surface area contributed by atoms with Gasteiger partial charge in [0, 0.05) is 24.6 Å². The molecule has 1 amide bonds. The number of carbonyl (C=O) groups is 2. The largest absolute Gasteiger partial charge is 0.482 e. The molecule has 0 radical (unpaired) electrons. The summed E-state index contributed by atoms with van der Waals surface area (Å²) in [5, 5.41) is 11.6. The van der Waals surface area contributed by atoms with Crippen molar-refractivity contribution in [3.8, 4) is 5.75 Å². The van der Waals surface area contributed by atoms with Crippen LogP contribution in [0.25, 0.3) is 0 Å². The number of rotatable bonds is 6. The normalized spacial score (nSPS) is 20.8. The predicted molar refractivity (Wildman–Crippen MR) is 93.8 cm³/mol. The summed E-state index contributed by atoms with van der Waals surface area (Å²) in [7, 11) is 0. The minimum Gasteiger partial charge on any atom is -0.482 e. The van der Waals surface area contributed by atoms with Crippen LogP contribution in [0.1, 0.15) is 44.0 Å². The first-order chi connectivity index (χ1) is 11.8. The Morgan fingerprint density at radius 3 is 2.80 bits per heavy atom. The van der Waals surface area contributed by atoms with Gasteiger partial charge in [-0.2, -0.15) is 0 Å². The van der Waals surface area contributed by atoms with E-state index in [0.29, 0.717) is 17.9 Å². The zero-order chi connectivity index (χ0) is 18.4. The molecule has 0 aliphatic carbocycles. The van der Waals surface area contributed by atoms with E-state index in [1.165, 1.54) is 0 Å². The minimum absolute atomic E-state index is 0.0282. The molecule has 1 aliphatic rings. The Hall–Kier alpha value is -2.08. The third kappa shape index (κ3) is 5.74. The van der Waals surface area contributed by atoms with E-state index >= 15 is 0 Å². The molecule has 2 rings (SSSR count). The van der Waals surface area contributed by atoms with Crippen LogP contribution in [0.4, 0.5) is 0 Å². The maximum absolute atomic E-state index is 12.4. The lowest BCUT2D eigenvalue weighted by molar-refractivity contribution is -0.139. The number of aliphatic carboxylic acids is 1. The van der Waals surface area contributed by atoms with E-state index in [4.69, 9.17) is 14.6 Å². The molecule has 1 fully saturated rings. The van der Waals surface area contributed by atoms with Crippen LogP contribution in [0.2, 0.25) is 0 Å². The van der Waals surface area contributed by atoms with E-state index in [0.717, 1.165) is 19.4 Å². The van der Waals surface area contributed by atoms with E-state index in [2.05, 4.69) is 26.1 Å². The van der Waals surface area contributed by atoms with E-state index < -0.39 is 12.6 Å².